The number of rotatable bonds is 9. The Kier molecular flexibility index (Phi) is 9.12. The van der Waals surface area contributed by atoms with E-state index < -0.39 is 24.1 Å². The summed E-state index contributed by atoms with van der Waals surface area (Å²) < 4.78 is 7.29. The maximum absolute atomic E-state index is 13.2. The van der Waals surface area contributed by atoms with Crippen molar-refractivity contribution < 1.29 is 33.8 Å². The number of nitrogens with one attached hydrogen (secondary N) is 2. The van der Waals surface area contributed by atoms with Crippen LogP contribution in [0.4, 0.5) is 4.79 Å². The fourth-order valence-corrected chi connectivity index (χ4v) is 5.46. The summed E-state index contributed by atoms with van der Waals surface area (Å²) in [6, 6.07) is 9.16. The highest BCUT2D eigenvalue weighted by Crippen LogP contribution is 2.23. The Labute approximate surface area is 248 Å². The van der Waals surface area contributed by atoms with Gasteiger partial charge in [0.05, 0.1) is 5.69 Å². The van der Waals surface area contributed by atoms with Gasteiger partial charge in [-0.3, -0.25) is 19.2 Å². The van der Waals surface area contributed by atoms with Gasteiger partial charge in [-0.2, -0.15) is 5.10 Å². The van der Waals surface area contributed by atoms with Gasteiger partial charge in [0, 0.05) is 44.8 Å². The summed E-state index contributed by atoms with van der Waals surface area (Å²) in [4.78, 5) is 67.4. The summed E-state index contributed by atoms with van der Waals surface area (Å²) in [6.07, 6.45) is 3.33. The topological polar surface area (TPSA) is 166 Å². The smallest absolute Gasteiger partial charge is 0.407 e. The van der Waals surface area contributed by atoms with Gasteiger partial charge >= 0.3 is 6.09 Å². The van der Waals surface area contributed by atoms with E-state index in [2.05, 4.69) is 15.7 Å². The number of hydrogen-bond acceptors (Lipinski definition) is 7. The molecule has 14 nitrogen and oxygen atoms in total. The highest BCUT2D eigenvalue weighted by atomic mass is 16.5. The van der Waals surface area contributed by atoms with Crippen LogP contribution < -0.4 is 15.4 Å². The Morgan fingerprint density at radius 2 is 1.67 bits per heavy atom. The number of nitrogens with zero attached hydrogens (tertiary/aromatic N) is 5. The molecule has 0 spiro atoms. The molecule has 5 rings (SSSR count). The van der Waals surface area contributed by atoms with E-state index in [9.17, 15) is 24.0 Å². The lowest BCUT2D eigenvalue weighted by Gasteiger charge is -2.34. The Morgan fingerprint density at radius 3 is 2.33 bits per heavy atom. The SMILES string of the molecule is CC(NC(=O)c1cc(OCC(=O)N2CCCC2C(=O)NC2CCC2)n(-c2ccccc2)n1)C(=O)N1CCN(C(=O)O)CC1. The van der Waals surface area contributed by atoms with Crippen LogP contribution in [0.25, 0.3) is 5.69 Å². The van der Waals surface area contributed by atoms with E-state index in [1.807, 2.05) is 6.07 Å². The zero-order valence-corrected chi connectivity index (χ0v) is 24.1. The van der Waals surface area contributed by atoms with E-state index in [1.165, 1.54) is 20.5 Å². The molecule has 14 heteroatoms. The number of carbonyl (C=O) groups excluding carboxylic acids is 4. The highest BCUT2D eigenvalue weighted by Gasteiger charge is 2.36. The molecule has 3 aliphatic rings. The third kappa shape index (κ3) is 6.89. The molecule has 1 saturated carbocycles. The molecule has 2 unspecified atom stereocenters. The molecule has 3 N–H and O–H groups in total. The summed E-state index contributed by atoms with van der Waals surface area (Å²) in [6.45, 7) is 2.55. The molecule has 2 atom stereocenters. The minimum Gasteiger partial charge on any atom is -0.467 e. The van der Waals surface area contributed by atoms with Crippen molar-refractivity contribution in [1.29, 1.82) is 0 Å². The lowest BCUT2D eigenvalue weighted by Crippen LogP contribution is -2.55. The lowest BCUT2D eigenvalue weighted by atomic mass is 9.93. The maximum Gasteiger partial charge on any atom is 0.407 e. The molecule has 1 aromatic carbocycles. The van der Waals surface area contributed by atoms with Gasteiger partial charge in [0.25, 0.3) is 11.8 Å². The van der Waals surface area contributed by atoms with Crippen LogP contribution in [0.2, 0.25) is 0 Å². The van der Waals surface area contributed by atoms with Gasteiger partial charge in [0.1, 0.15) is 12.1 Å². The standard InChI is InChI=1S/C29H37N7O7/c1-19(28(40)33-13-15-34(16-14-33)29(41)42)30-26(38)22-17-25(36(32-22)21-9-3-2-4-10-21)43-18-24(37)35-12-6-11-23(35)27(39)31-20-7-5-8-20/h2-4,9-10,17,19-20,23H,5-8,11-16,18H2,1H3,(H,30,38)(H,31,39)(H,41,42). The second-order valence-corrected chi connectivity index (χ2v) is 11.1. The minimum atomic E-state index is -1.03. The molecule has 3 heterocycles. The number of piperazine rings is 1. The number of likely N-dealkylation sites (tertiary alicyclic amines) is 1. The predicted octanol–water partition coefficient (Wildman–Crippen LogP) is 0.851. The van der Waals surface area contributed by atoms with E-state index in [0.29, 0.717) is 18.7 Å². The van der Waals surface area contributed by atoms with Crippen LogP contribution in [0.5, 0.6) is 5.88 Å². The van der Waals surface area contributed by atoms with Crippen molar-refractivity contribution in [3.63, 3.8) is 0 Å². The molecule has 43 heavy (non-hydrogen) atoms. The van der Waals surface area contributed by atoms with Crippen molar-refractivity contribution in [3.8, 4) is 11.6 Å². The first-order chi connectivity index (χ1) is 20.7. The van der Waals surface area contributed by atoms with Crippen molar-refractivity contribution >= 4 is 29.7 Å². The monoisotopic (exact) mass is 595 g/mol. The third-order valence-electron chi connectivity index (χ3n) is 8.16. The van der Waals surface area contributed by atoms with Gasteiger partial charge < -0.3 is 35.2 Å². The summed E-state index contributed by atoms with van der Waals surface area (Å²) >= 11 is 0. The van der Waals surface area contributed by atoms with Crippen molar-refractivity contribution in [2.45, 2.75) is 57.2 Å². The predicted molar refractivity (Wildman–Crippen MR) is 153 cm³/mol. The van der Waals surface area contributed by atoms with Crippen LogP contribution in [0.3, 0.4) is 0 Å². The van der Waals surface area contributed by atoms with E-state index in [0.717, 1.165) is 25.7 Å². The fraction of sp³-hybridized carbons (Fsp3) is 0.517. The van der Waals surface area contributed by atoms with Crippen LogP contribution >= 0.6 is 0 Å². The Hall–Kier alpha value is -4.62. The third-order valence-corrected chi connectivity index (χ3v) is 8.16. The van der Waals surface area contributed by atoms with Gasteiger partial charge in [-0.1, -0.05) is 18.2 Å². The van der Waals surface area contributed by atoms with Crippen LogP contribution in [0.1, 0.15) is 49.5 Å². The number of ether oxygens (including phenoxy) is 1. The van der Waals surface area contributed by atoms with E-state index >= 15 is 0 Å². The largest absolute Gasteiger partial charge is 0.467 e. The molecular formula is C29H37N7O7. The van der Waals surface area contributed by atoms with E-state index in [1.54, 1.807) is 36.1 Å². The summed E-state index contributed by atoms with van der Waals surface area (Å²) in [5, 5.41) is 19.2. The van der Waals surface area contributed by atoms with E-state index in [-0.39, 0.29) is 68.1 Å². The first-order valence-corrected chi connectivity index (χ1v) is 14.7. The molecule has 3 fully saturated rings. The van der Waals surface area contributed by atoms with Gasteiger partial charge in [0.2, 0.25) is 17.7 Å². The number of amides is 5. The molecule has 0 radical (unpaired) electrons. The second-order valence-electron chi connectivity index (χ2n) is 11.1. The second kappa shape index (κ2) is 13.1. The molecule has 0 bridgehead atoms. The number of carboxylic acid groups (broad SMARTS) is 1. The first-order valence-electron chi connectivity index (χ1n) is 14.7. The van der Waals surface area contributed by atoms with Crippen molar-refractivity contribution in [2.75, 3.05) is 39.3 Å². The number of benzene rings is 1. The Bertz CT molecular complexity index is 1350. The molecule has 230 valence electrons. The number of carbonyl (C=O) groups is 5. The molecule has 1 aliphatic carbocycles. The molecule has 5 amide bonds. The normalized spacial score (nSPS) is 19.4. The minimum absolute atomic E-state index is 0.0134. The number of aromatic nitrogens is 2. The summed E-state index contributed by atoms with van der Waals surface area (Å²) in [7, 11) is 0. The van der Waals surface area contributed by atoms with Crippen LogP contribution in [0.15, 0.2) is 36.4 Å². The van der Waals surface area contributed by atoms with Crippen LogP contribution in [-0.4, -0.2) is 117 Å². The molecule has 2 aromatic rings. The van der Waals surface area contributed by atoms with Gasteiger partial charge in [-0.25, -0.2) is 9.48 Å². The van der Waals surface area contributed by atoms with Crippen LogP contribution in [-0.2, 0) is 14.4 Å². The van der Waals surface area contributed by atoms with Crippen LogP contribution in [0, 0.1) is 0 Å². The van der Waals surface area contributed by atoms with Crippen molar-refractivity contribution in [2.24, 2.45) is 0 Å². The highest BCUT2D eigenvalue weighted by molar-refractivity contribution is 5.96. The van der Waals surface area contributed by atoms with Gasteiger partial charge in [-0.05, 0) is 51.2 Å². The fourth-order valence-electron chi connectivity index (χ4n) is 5.46. The zero-order chi connectivity index (χ0) is 30.5. The van der Waals surface area contributed by atoms with Gasteiger partial charge in [0.15, 0.2) is 12.3 Å². The van der Waals surface area contributed by atoms with Crippen molar-refractivity contribution in [1.82, 2.24) is 35.1 Å². The quantitative estimate of drug-likeness (QED) is 0.384. The average molecular weight is 596 g/mol. The molecule has 2 aliphatic heterocycles. The molecule has 2 saturated heterocycles. The summed E-state index contributed by atoms with van der Waals surface area (Å²) in [5.74, 6) is -1.24. The first kappa shape index (κ1) is 29.9. The molecular weight excluding hydrogens is 558 g/mol. The summed E-state index contributed by atoms with van der Waals surface area (Å²) in [5.41, 5.74) is 0.587. The Balaban J connectivity index is 1.23. The maximum atomic E-state index is 13.2. The number of hydrogen-bond donors (Lipinski definition) is 3. The zero-order valence-electron chi connectivity index (χ0n) is 24.1. The average Bonchev–Trinajstić information content (AvgIpc) is 3.66. The number of para-hydroxylation sites is 1. The molecule has 1 aromatic heterocycles. The van der Waals surface area contributed by atoms with E-state index in [4.69, 9.17) is 9.84 Å². The Morgan fingerprint density at radius 1 is 0.977 bits per heavy atom. The lowest BCUT2D eigenvalue weighted by molar-refractivity contribution is -0.140. The van der Waals surface area contributed by atoms with Gasteiger partial charge in [-0.15, -0.1) is 0 Å². The van der Waals surface area contributed by atoms with Crippen molar-refractivity contribution in [3.05, 3.63) is 42.1 Å².